The van der Waals surface area contributed by atoms with E-state index in [-0.39, 0.29) is 11.6 Å². The van der Waals surface area contributed by atoms with E-state index in [1.54, 1.807) is 4.90 Å². The van der Waals surface area contributed by atoms with Gasteiger partial charge in [-0.25, -0.2) is 0 Å². The molecule has 0 saturated carbocycles. The molecule has 0 atom stereocenters. The number of alkyl halides is 3. The summed E-state index contributed by atoms with van der Waals surface area (Å²) in [7, 11) is 0. The topological polar surface area (TPSA) is 53.6 Å². The lowest BCUT2D eigenvalue weighted by atomic mass is 10.2. The van der Waals surface area contributed by atoms with Crippen molar-refractivity contribution in [2.45, 2.75) is 20.0 Å². The molecule has 4 nitrogen and oxygen atoms in total. The maximum atomic E-state index is 12.7. The number of guanidine groups is 1. The summed E-state index contributed by atoms with van der Waals surface area (Å²) < 4.78 is 38.2. The van der Waals surface area contributed by atoms with Crippen molar-refractivity contribution in [2.24, 2.45) is 10.8 Å². The van der Waals surface area contributed by atoms with Crippen molar-refractivity contribution in [3.05, 3.63) is 29.8 Å². The van der Waals surface area contributed by atoms with Gasteiger partial charge >= 0.3 is 6.18 Å². The van der Waals surface area contributed by atoms with Crippen LogP contribution < -0.4 is 11.2 Å². The largest absolute Gasteiger partial charge is 0.418 e. The van der Waals surface area contributed by atoms with Crippen molar-refractivity contribution >= 4 is 11.6 Å². The van der Waals surface area contributed by atoms with Crippen LogP contribution in [-0.2, 0) is 6.18 Å². The van der Waals surface area contributed by atoms with Gasteiger partial charge in [-0.3, -0.25) is 5.43 Å². The van der Waals surface area contributed by atoms with Gasteiger partial charge in [0, 0.05) is 13.1 Å². The molecule has 1 aromatic rings. The molecular formula is C12H17F3N4. The number of nitrogens with zero attached hydrogens (tertiary/aromatic N) is 2. The Morgan fingerprint density at radius 1 is 1.26 bits per heavy atom. The number of hydrogen-bond donors (Lipinski definition) is 2. The minimum absolute atomic E-state index is 0.120. The summed E-state index contributed by atoms with van der Waals surface area (Å²) >= 11 is 0. The fraction of sp³-hybridized carbons (Fsp3) is 0.417. The van der Waals surface area contributed by atoms with Crippen LogP contribution in [0, 0.1) is 0 Å². The van der Waals surface area contributed by atoms with Gasteiger partial charge in [0.25, 0.3) is 0 Å². The van der Waals surface area contributed by atoms with E-state index in [9.17, 15) is 13.2 Å². The summed E-state index contributed by atoms with van der Waals surface area (Å²) in [6, 6.07) is 5.12. The van der Waals surface area contributed by atoms with Gasteiger partial charge in [-0.1, -0.05) is 12.1 Å². The Bertz CT molecular complexity index is 439. The average Bonchev–Trinajstić information content (AvgIpc) is 2.37. The van der Waals surface area contributed by atoms with Crippen LogP contribution in [0.2, 0.25) is 0 Å². The molecule has 0 radical (unpaired) electrons. The van der Waals surface area contributed by atoms with Gasteiger partial charge in [0.2, 0.25) is 5.96 Å². The van der Waals surface area contributed by atoms with Crippen molar-refractivity contribution in [2.75, 3.05) is 18.5 Å². The molecule has 0 heterocycles. The fourth-order valence-corrected chi connectivity index (χ4v) is 1.56. The van der Waals surface area contributed by atoms with Crippen molar-refractivity contribution in [3.8, 4) is 0 Å². The van der Waals surface area contributed by atoms with E-state index in [1.165, 1.54) is 18.2 Å². The summed E-state index contributed by atoms with van der Waals surface area (Å²) in [6.45, 7) is 5.04. The van der Waals surface area contributed by atoms with Gasteiger partial charge in [-0.15, -0.1) is 5.10 Å². The summed E-state index contributed by atoms with van der Waals surface area (Å²) in [6.07, 6.45) is -4.43. The minimum Gasteiger partial charge on any atom is -0.368 e. The third kappa shape index (κ3) is 4.04. The molecule has 0 spiro atoms. The Kier molecular flexibility index (Phi) is 5.02. The van der Waals surface area contributed by atoms with E-state index < -0.39 is 11.7 Å². The van der Waals surface area contributed by atoms with Crippen LogP contribution in [0.25, 0.3) is 0 Å². The quantitative estimate of drug-likeness (QED) is 0.504. The number of benzene rings is 1. The second kappa shape index (κ2) is 6.31. The van der Waals surface area contributed by atoms with Crippen LogP contribution in [0.15, 0.2) is 29.4 Å². The van der Waals surface area contributed by atoms with Crippen molar-refractivity contribution in [1.82, 2.24) is 4.90 Å². The first kappa shape index (κ1) is 15.1. The lowest BCUT2D eigenvalue weighted by molar-refractivity contribution is -0.136. The van der Waals surface area contributed by atoms with E-state index in [4.69, 9.17) is 5.73 Å². The predicted octanol–water partition coefficient (Wildman–Crippen LogP) is 2.69. The van der Waals surface area contributed by atoms with Gasteiger partial charge in [-0.2, -0.15) is 13.2 Å². The van der Waals surface area contributed by atoms with E-state index in [1.807, 2.05) is 13.8 Å². The number of nitrogens with one attached hydrogen (secondary N) is 1. The Labute approximate surface area is 110 Å². The lowest BCUT2D eigenvalue weighted by Gasteiger charge is -2.19. The Morgan fingerprint density at radius 2 is 1.84 bits per heavy atom. The van der Waals surface area contributed by atoms with E-state index in [0.29, 0.717) is 13.1 Å². The molecule has 7 heteroatoms. The molecule has 0 unspecified atom stereocenters. The molecule has 0 bridgehead atoms. The van der Waals surface area contributed by atoms with Crippen molar-refractivity contribution < 1.29 is 13.2 Å². The number of nitrogens with two attached hydrogens (primary N) is 1. The smallest absolute Gasteiger partial charge is 0.368 e. The molecule has 0 saturated heterocycles. The second-order valence-corrected chi connectivity index (χ2v) is 3.80. The van der Waals surface area contributed by atoms with Gasteiger partial charge in [0.15, 0.2) is 0 Å². The maximum Gasteiger partial charge on any atom is 0.418 e. The molecule has 0 amide bonds. The number of anilines is 1. The standard InChI is InChI=1S/C12H17F3N4/c1-3-19(4-2)11(16)18-17-10-8-6-5-7-9(10)12(13,14)15/h5-8,17H,3-4H2,1-2H3,(H2,16,18). The Hall–Kier alpha value is -1.92. The summed E-state index contributed by atoms with van der Waals surface area (Å²) in [5.41, 5.74) is 7.16. The van der Waals surface area contributed by atoms with Crippen molar-refractivity contribution in [1.29, 1.82) is 0 Å². The SMILES string of the molecule is CCN(CC)/C(N)=N/Nc1ccccc1C(F)(F)F. The first-order valence-corrected chi connectivity index (χ1v) is 5.90. The molecule has 0 aliphatic heterocycles. The first-order valence-electron chi connectivity index (χ1n) is 5.90. The monoisotopic (exact) mass is 274 g/mol. The molecule has 0 aliphatic rings. The van der Waals surface area contributed by atoms with E-state index >= 15 is 0 Å². The van der Waals surface area contributed by atoms with E-state index in [2.05, 4.69) is 10.5 Å². The zero-order valence-corrected chi connectivity index (χ0v) is 10.8. The number of para-hydroxylation sites is 1. The molecule has 0 aromatic heterocycles. The molecule has 0 fully saturated rings. The summed E-state index contributed by atoms with van der Waals surface area (Å²) in [5, 5.41) is 3.78. The zero-order valence-electron chi connectivity index (χ0n) is 10.8. The molecule has 1 rings (SSSR count). The van der Waals surface area contributed by atoms with Crippen LogP contribution in [-0.4, -0.2) is 23.9 Å². The minimum atomic E-state index is -4.43. The highest BCUT2D eigenvalue weighted by Crippen LogP contribution is 2.34. The predicted molar refractivity (Wildman–Crippen MR) is 69.6 cm³/mol. The summed E-state index contributed by atoms with van der Waals surface area (Å²) in [4.78, 5) is 1.73. The van der Waals surface area contributed by atoms with Crippen LogP contribution in [0.5, 0.6) is 0 Å². The molecule has 106 valence electrons. The number of halogens is 3. The second-order valence-electron chi connectivity index (χ2n) is 3.80. The number of rotatable bonds is 4. The van der Waals surface area contributed by atoms with Crippen LogP contribution in [0.3, 0.4) is 0 Å². The highest BCUT2D eigenvalue weighted by atomic mass is 19.4. The van der Waals surface area contributed by atoms with Crippen LogP contribution in [0.4, 0.5) is 18.9 Å². The van der Waals surface area contributed by atoms with Crippen LogP contribution in [0.1, 0.15) is 19.4 Å². The average molecular weight is 274 g/mol. The van der Waals surface area contributed by atoms with Crippen molar-refractivity contribution in [3.63, 3.8) is 0 Å². The third-order valence-corrected chi connectivity index (χ3v) is 2.61. The first-order chi connectivity index (χ1) is 8.90. The van der Waals surface area contributed by atoms with Gasteiger partial charge in [0.05, 0.1) is 11.3 Å². The molecule has 19 heavy (non-hydrogen) atoms. The lowest BCUT2D eigenvalue weighted by Crippen LogP contribution is -2.37. The summed E-state index contributed by atoms with van der Waals surface area (Å²) in [5.74, 6) is 0.155. The van der Waals surface area contributed by atoms with Crippen LogP contribution >= 0.6 is 0 Å². The van der Waals surface area contributed by atoms with Gasteiger partial charge in [0.1, 0.15) is 0 Å². The maximum absolute atomic E-state index is 12.7. The molecule has 3 N–H and O–H groups in total. The molecule has 0 aliphatic carbocycles. The van der Waals surface area contributed by atoms with E-state index in [0.717, 1.165) is 6.07 Å². The number of hydrogen-bond acceptors (Lipinski definition) is 2. The number of hydrazone groups is 1. The van der Waals surface area contributed by atoms with Gasteiger partial charge in [-0.05, 0) is 26.0 Å². The highest BCUT2D eigenvalue weighted by Gasteiger charge is 2.33. The Balaban J connectivity index is 2.92. The fourth-order valence-electron chi connectivity index (χ4n) is 1.56. The highest BCUT2D eigenvalue weighted by molar-refractivity contribution is 5.79. The zero-order chi connectivity index (χ0) is 14.5. The Morgan fingerprint density at radius 3 is 2.37 bits per heavy atom. The van der Waals surface area contributed by atoms with Gasteiger partial charge < -0.3 is 10.6 Å². The third-order valence-electron chi connectivity index (χ3n) is 2.61. The molecule has 1 aromatic carbocycles. The normalized spacial score (nSPS) is 12.4. The molecular weight excluding hydrogens is 257 g/mol.